The summed E-state index contributed by atoms with van der Waals surface area (Å²) in [5, 5.41) is 11.6. The molecule has 0 aliphatic carbocycles. The number of guanidine groups is 4. The number of nitrogens with zero attached hydrogens (tertiary/aromatic N) is 4. The molecule has 28 N–H and O–H groups in total. The second-order valence-electron chi connectivity index (χ2n) is 13.9. The van der Waals surface area contributed by atoms with Gasteiger partial charge < -0.3 is 90.1 Å². The first kappa shape index (κ1) is 51.8. The van der Waals surface area contributed by atoms with Crippen LogP contribution in [-0.4, -0.2) is 124 Å². The van der Waals surface area contributed by atoms with Crippen molar-refractivity contribution in [1.82, 2.24) is 21.3 Å². The Bertz CT molecular complexity index is 1110. The number of rotatable bonds is 32. The summed E-state index contributed by atoms with van der Waals surface area (Å²) in [5.74, 6) is -1.66. The molecule has 57 heavy (non-hydrogen) atoms. The predicted molar refractivity (Wildman–Crippen MR) is 224 cm³/mol. The van der Waals surface area contributed by atoms with Crippen LogP contribution >= 0.6 is 0 Å². The van der Waals surface area contributed by atoms with E-state index < -0.39 is 29.6 Å². The third kappa shape index (κ3) is 27.1. The fraction of sp³-hybridized carbons (Fsp3) is 0.758. The third-order valence-corrected chi connectivity index (χ3v) is 9.04. The molecule has 4 amide bonds. The van der Waals surface area contributed by atoms with Crippen molar-refractivity contribution in [2.45, 2.75) is 101 Å². The Morgan fingerprint density at radius 2 is 0.579 bits per heavy atom. The lowest BCUT2D eigenvalue weighted by Gasteiger charge is -2.35. The maximum Gasteiger partial charge on any atom is 0.236 e. The van der Waals surface area contributed by atoms with Crippen LogP contribution in [0.3, 0.4) is 0 Å². The first-order valence-corrected chi connectivity index (χ1v) is 19.2. The van der Waals surface area contributed by atoms with Gasteiger partial charge in [-0.05, 0) is 82.5 Å². The molecule has 0 saturated carbocycles. The molecule has 0 spiro atoms. The van der Waals surface area contributed by atoms with Gasteiger partial charge in [0.15, 0.2) is 23.8 Å². The highest BCUT2D eigenvalue weighted by Gasteiger charge is 2.31. The maximum absolute atomic E-state index is 12.9. The van der Waals surface area contributed by atoms with Crippen molar-refractivity contribution in [2.75, 3.05) is 52.4 Å². The number of nitrogens with one attached hydrogen (secondary N) is 4. The van der Waals surface area contributed by atoms with Gasteiger partial charge in [-0.3, -0.25) is 39.1 Å². The van der Waals surface area contributed by atoms with Gasteiger partial charge in [-0.2, -0.15) is 0 Å². The van der Waals surface area contributed by atoms with Crippen LogP contribution in [-0.2, 0) is 19.2 Å². The van der Waals surface area contributed by atoms with Gasteiger partial charge >= 0.3 is 0 Å². The van der Waals surface area contributed by atoms with Crippen LogP contribution in [0.25, 0.3) is 0 Å². The summed E-state index contributed by atoms with van der Waals surface area (Å²) in [7, 11) is 0. The zero-order valence-corrected chi connectivity index (χ0v) is 33.3. The number of amides is 4. The van der Waals surface area contributed by atoms with Crippen LogP contribution in [0.15, 0.2) is 20.0 Å². The smallest absolute Gasteiger partial charge is 0.236 e. The van der Waals surface area contributed by atoms with E-state index in [1.165, 1.54) is 0 Å². The van der Waals surface area contributed by atoms with Gasteiger partial charge in [-0.1, -0.05) is 0 Å². The lowest BCUT2D eigenvalue weighted by molar-refractivity contribution is -0.123. The molecule has 0 radical (unpaired) electrons. The summed E-state index contributed by atoms with van der Waals surface area (Å²) in [6.45, 7) is 2.13. The molecule has 0 aliphatic rings. The van der Waals surface area contributed by atoms with Crippen molar-refractivity contribution >= 4 is 47.5 Å². The number of hydrogen-bond donors (Lipinski definition) is 16. The van der Waals surface area contributed by atoms with E-state index in [0.29, 0.717) is 103 Å². The minimum atomic E-state index is -0.804. The number of nitrogens with two attached hydrogens (primary N) is 12. The summed E-state index contributed by atoms with van der Waals surface area (Å²) in [4.78, 5) is 67.3. The van der Waals surface area contributed by atoms with Crippen LogP contribution in [0.5, 0.6) is 0 Å². The molecule has 24 nitrogen and oxygen atoms in total. The largest absolute Gasteiger partial charge is 0.370 e. The van der Waals surface area contributed by atoms with Crippen LogP contribution in [0, 0.1) is 5.41 Å². The minimum Gasteiger partial charge on any atom is -0.370 e. The van der Waals surface area contributed by atoms with Crippen LogP contribution in [0.1, 0.15) is 77.0 Å². The van der Waals surface area contributed by atoms with Crippen molar-refractivity contribution in [3.8, 4) is 0 Å². The molecule has 328 valence electrons. The van der Waals surface area contributed by atoms with E-state index in [2.05, 4.69) is 41.2 Å². The molecule has 0 fully saturated rings. The van der Waals surface area contributed by atoms with Crippen molar-refractivity contribution in [3.63, 3.8) is 0 Å². The molecule has 0 unspecified atom stereocenters. The SMILES string of the molecule is NC(N)=NCCC[C@H](N)C(=O)NCCC(CCNC(=O)[C@@H](N)CCCN=C(N)N)(CCNC(=O)[C@@H](N)CCCN=C(N)N)CCNC(=O)[C@@H](N)CCCN=C(N)N. The van der Waals surface area contributed by atoms with Crippen molar-refractivity contribution in [2.24, 2.45) is 94.2 Å². The molecule has 24 heteroatoms. The van der Waals surface area contributed by atoms with Crippen LogP contribution < -0.4 is 90.1 Å². The van der Waals surface area contributed by atoms with Crippen LogP contribution in [0.2, 0.25) is 0 Å². The maximum atomic E-state index is 12.9. The number of aliphatic imine (C=N–C) groups is 4. The Kier molecular flexibility index (Phi) is 27.3. The highest BCUT2D eigenvalue weighted by Crippen LogP contribution is 2.34. The van der Waals surface area contributed by atoms with E-state index in [4.69, 9.17) is 68.8 Å². The van der Waals surface area contributed by atoms with Crippen LogP contribution in [0.4, 0.5) is 0 Å². The molecule has 0 saturated heterocycles. The minimum absolute atomic E-state index is 0.0487. The average Bonchev–Trinajstić information content (AvgIpc) is 3.14. The third-order valence-electron chi connectivity index (χ3n) is 9.04. The molecular formula is C33H72N20O4. The van der Waals surface area contributed by atoms with E-state index in [1.54, 1.807) is 0 Å². The Morgan fingerprint density at radius 1 is 0.386 bits per heavy atom. The summed E-state index contributed by atoms with van der Waals surface area (Å²) in [6, 6.07) is -3.22. The van der Waals surface area contributed by atoms with E-state index in [1.807, 2.05) is 0 Å². The van der Waals surface area contributed by atoms with Gasteiger partial charge in [-0.25, -0.2) is 0 Å². The number of carbonyl (C=O) groups is 4. The standard InChI is InChI=1S/C33H72N20O4/c34-21(5-1-13-50-29(38)39)25(54)46-17-9-33(10-18-47-26(55)22(35)6-2-14-51-30(40)41,11-19-48-27(56)23(36)7-3-15-52-31(42)43)12-20-49-28(57)24(37)8-4-16-53-32(44)45/h21-24H,1-20,34-37H2,(H,46,54)(H,47,55)(H,48,56)(H,49,57)(H4,38,39,50)(H4,40,41,51)(H4,42,43,52)(H4,44,45,53)/t21-,22-,23-,24-/m0/s1. The summed E-state index contributed by atoms with van der Waals surface area (Å²) in [6.07, 6.45) is 4.95. The Morgan fingerprint density at radius 3 is 0.754 bits per heavy atom. The van der Waals surface area contributed by atoms with Gasteiger partial charge in [-0.15, -0.1) is 0 Å². The molecule has 0 rings (SSSR count). The summed E-state index contributed by atoms with van der Waals surface area (Å²) >= 11 is 0. The van der Waals surface area contributed by atoms with Gasteiger partial charge in [0.05, 0.1) is 24.2 Å². The van der Waals surface area contributed by atoms with E-state index >= 15 is 0 Å². The highest BCUT2D eigenvalue weighted by atomic mass is 16.2. The van der Waals surface area contributed by atoms with Gasteiger partial charge in [0.25, 0.3) is 0 Å². The fourth-order valence-corrected chi connectivity index (χ4v) is 5.68. The van der Waals surface area contributed by atoms with Crippen molar-refractivity contribution < 1.29 is 19.2 Å². The van der Waals surface area contributed by atoms with Crippen molar-refractivity contribution in [3.05, 3.63) is 0 Å². The molecule has 0 aliphatic heterocycles. The topological polar surface area (TPSA) is 478 Å². The number of hydrogen-bond acceptors (Lipinski definition) is 12. The molecule has 4 atom stereocenters. The van der Waals surface area contributed by atoms with Gasteiger partial charge in [0.1, 0.15) is 0 Å². The Balaban J connectivity index is 5.98. The second-order valence-corrected chi connectivity index (χ2v) is 13.9. The van der Waals surface area contributed by atoms with Gasteiger partial charge in [0.2, 0.25) is 23.6 Å². The lowest BCUT2D eigenvalue weighted by atomic mass is 9.75. The normalized spacial score (nSPS) is 13.1. The zero-order valence-electron chi connectivity index (χ0n) is 33.3. The zero-order chi connectivity index (χ0) is 43.2. The highest BCUT2D eigenvalue weighted by molar-refractivity contribution is 5.83. The van der Waals surface area contributed by atoms with E-state index in [-0.39, 0.29) is 73.6 Å². The fourth-order valence-electron chi connectivity index (χ4n) is 5.68. The van der Waals surface area contributed by atoms with Crippen molar-refractivity contribution in [1.29, 1.82) is 0 Å². The second kappa shape index (κ2) is 30.0. The quantitative estimate of drug-likeness (QED) is 0.0171. The molecule has 0 aromatic rings. The first-order chi connectivity index (χ1) is 26.9. The van der Waals surface area contributed by atoms with E-state index in [9.17, 15) is 19.2 Å². The molecule has 0 aromatic carbocycles. The predicted octanol–water partition coefficient (Wildman–Crippen LogP) is -6.48. The molecule has 0 heterocycles. The molecular weight excluding hydrogens is 740 g/mol. The monoisotopic (exact) mass is 813 g/mol. The lowest BCUT2D eigenvalue weighted by Crippen LogP contribution is -2.46. The summed E-state index contributed by atoms with van der Waals surface area (Å²) in [5.41, 5.74) is 66.8. The number of carbonyl (C=O) groups excluding carboxylic acids is 4. The molecule has 0 aromatic heterocycles. The Hall–Kier alpha value is -5.20. The Labute approximate surface area is 335 Å². The average molecular weight is 813 g/mol. The van der Waals surface area contributed by atoms with E-state index in [0.717, 1.165) is 0 Å². The first-order valence-electron chi connectivity index (χ1n) is 19.2. The summed E-state index contributed by atoms with van der Waals surface area (Å²) < 4.78 is 0. The molecule has 0 bridgehead atoms. The van der Waals surface area contributed by atoms with Gasteiger partial charge in [0, 0.05) is 52.4 Å².